The molecule has 1 aliphatic heterocycles. The third-order valence-electron chi connectivity index (χ3n) is 4.46. The van der Waals surface area contributed by atoms with Crippen LogP contribution in [0.4, 0.5) is 10.1 Å². The second-order valence-electron chi connectivity index (χ2n) is 6.36. The fourth-order valence-electron chi connectivity index (χ4n) is 3.04. The van der Waals surface area contributed by atoms with Crippen LogP contribution >= 0.6 is 0 Å². The minimum absolute atomic E-state index is 0.235. The predicted octanol–water partition coefficient (Wildman–Crippen LogP) is 2.77. The summed E-state index contributed by atoms with van der Waals surface area (Å²) in [5.41, 5.74) is 6.82. The van der Waals surface area contributed by atoms with Crippen molar-refractivity contribution in [2.24, 2.45) is 0 Å². The number of nitrogen functional groups attached to an aromatic ring is 1. The number of carbonyl (C=O) groups is 1. The largest absolute Gasteiger partial charge is 0.399 e. The summed E-state index contributed by atoms with van der Waals surface area (Å²) in [6.45, 7) is 2.16. The highest BCUT2D eigenvalue weighted by atomic mass is 19.1. The summed E-state index contributed by atoms with van der Waals surface area (Å²) < 4.78 is 20.0. The maximum Gasteiger partial charge on any atom is 0.250 e. The summed E-state index contributed by atoms with van der Waals surface area (Å²) in [6.07, 6.45) is 0.380. The van der Waals surface area contributed by atoms with E-state index in [0.717, 1.165) is 5.56 Å². The summed E-state index contributed by atoms with van der Waals surface area (Å²) in [7, 11) is 0. The second kappa shape index (κ2) is 6.61. The fourth-order valence-corrected chi connectivity index (χ4v) is 3.04. The molecule has 2 atom stereocenters. The van der Waals surface area contributed by atoms with Crippen molar-refractivity contribution in [1.82, 2.24) is 5.32 Å². The van der Waals surface area contributed by atoms with Gasteiger partial charge in [-0.3, -0.25) is 4.79 Å². The summed E-state index contributed by atoms with van der Waals surface area (Å²) in [6, 6.07) is 14.1. The molecule has 0 spiro atoms. The van der Waals surface area contributed by atoms with Crippen LogP contribution in [-0.4, -0.2) is 18.6 Å². The highest BCUT2D eigenvalue weighted by Crippen LogP contribution is 2.31. The highest BCUT2D eigenvalue weighted by Gasteiger charge is 2.37. The Hall–Kier alpha value is -2.40. The molecule has 1 amide bonds. The number of nitrogens with one attached hydrogen (secondary N) is 1. The molecule has 5 heteroatoms. The Morgan fingerprint density at radius 1 is 1.29 bits per heavy atom. The zero-order valence-electron chi connectivity index (χ0n) is 13.6. The topological polar surface area (TPSA) is 64.3 Å². The van der Waals surface area contributed by atoms with Crippen molar-refractivity contribution in [3.63, 3.8) is 0 Å². The Morgan fingerprint density at radius 3 is 2.79 bits per heavy atom. The molecule has 1 saturated heterocycles. The van der Waals surface area contributed by atoms with Gasteiger partial charge in [-0.15, -0.1) is 0 Å². The first-order valence-electron chi connectivity index (χ1n) is 8.01. The van der Waals surface area contributed by atoms with Crippen molar-refractivity contribution < 1.29 is 13.9 Å². The van der Waals surface area contributed by atoms with E-state index in [1.54, 1.807) is 13.0 Å². The first kappa shape index (κ1) is 16.5. The summed E-state index contributed by atoms with van der Waals surface area (Å²) in [4.78, 5) is 12.6. The van der Waals surface area contributed by atoms with E-state index < -0.39 is 11.6 Å². The Morgan fingerprint density at radius 2 is 2.04 bits per heavy atom. The predicted molar refractivity (Wildman–Crippen MR) is 90.8 cm³/mol. The lowest BCUT2D eigenvalue weighted by atomic mass is 9.88. The quantitative estimate of drug-likeness (QED) is 0.852. The molecule has 126 valence electrons. The molecule has 0 radical (unpaired) electrons. The van der Waals surface area contributed by atoms with Crippen molar-refractivity contribution in [1.29, 1.82) is 0 Å². The number of benzene rings is 2. The van der Waals surface area contributed by atoms with Gasteiger partial charge in [0.1, 0.15) is 11.9 Å². The third kappa shape index (κ3) is 3.41. The molecule has 0 aliphatic carbocycles. The van der Waals surface area contributed by atoms with E-state index in [4.69, 9.17) is 10.5 Å². The van der Waals surface area contributed by atoms with Gasteiger partial charge in [0, 0.05) is 17.7 Å². The van der Waals surface area contributed by atoms with Gasteiger partial charge < -0.3 is 15.8 Å². The molecule has 1 aliphatic rings. The van der Waals surface area contributed by atoms with Gasteiger partial charge in [0.05, 0.1) is 12.1 Å². The minimum atomic E-state index is -0.845. The van der Waals surface area contributed by atoms with Crippen LogP contribution in [0.3, 0.4) is 0 Å². The molecule has 3 N–H and O–H groups in total. The minimum Gasteiger partial charge on any atom is -0.399 e. The van der Waals surface area contributed by atoms with Gasteiger partial charge in [-0.1, -0.05) is 30.3 Å². The lowest BCUT2D eigenvalue weighted by Gasteiger charge is -2.30. The van der Waals surface area contributed by atoms with Gasteiger partial charge in [0.15, 0.2) is 0 Å². The number of halogens is 1. The highest BCUT2D eigenvalue weighted by molar-refractivity contribution is 5.82. The van der Waals surface area contributed by atoms with Crippen molar-refractivity contribution >= 4 is 11.6 Å². The number of anilines is 1. The van der Waals surface area contributed by atoms with Crippen molar-refractivity contribution in [2.75, 3.05) is 12.3 Å². The fraction of sp³-hybridized carbons (Fsp3) is 0.316. The molecule has 3 rings (SSSR count). The molecule has 1 heterocycles. The van der Waals surface area contributed by atoms with Gasteiger partial charge >= 0.3 is 0 Å². The second-order valence-corrected chi connectivity index (χ2v) is 6.36. The number of hydrogen-bond donors (Lipinski definition) is 2. The lowest BCUT2D eigenvalue weighted by molar-refractivity contribution is -0.131. The van der Waals surface area contributed by atoms with E-state index in [1.807, 2.05) is 30.3 Å². The van der Waals surface area contributed by atoms with E-state index >= 15 is 0 Å². The normalized spacial score (nSPS) is 24.2. The summed E-state index contributed by atoms with van der Waals surface area (Å²) in [5, 5.41) is 2.95. The standard InChI is InChI=1S/C19H21FN2O2/c1-19(15-12-14(21)7-8-16(15)20)9-10-24-17(18(23)22-19)11-13-5-3-2-4-6-13/h2-8,12,17H,9-11,21H2,1H3,(H,22,23). The maximum atomic E-state index is 14.3. The van der Waals surface area contributed by atoms with E-state index in [-0.39, 0.29) is 11.7 Å². The number of nitrogens with two attached hydrogens (primary N) is 1. The van der Waals surface area contributed by atoms with Crippen LogP contribution in [0.25, 0.3) is 0 Å². The molecule has 0 bridgehead atoms. The molecule has 1 fully saturated rings. The van der Waals surface area contributed by atoms with E-state index in [1.165, 1.54) is 12.1 Å². The van der Waals surface area contributed by atoms with Crippen LogP contribution in [0.5, 0.6) is 0 Å². The average Bonchev–Trinajstić information content (AvgIpc) is 2.70. The molecule has 0 saturated carbocycles. The van der Waals surface area contributed by atoms with Crippen molar-refractivity contribution in [3.8, 4) is 0 Å². The Kier molecular flexibility index (Phi) is 4.53. The zero-order chi connectivity index (χ0) is 17.2. The number of amides is 1. The van der Waals surface area contributed by atoms with Crippen LogP contribution < -0.4 is 11.1 Å². The molecule has 2 aromatic rings. The van der Waals surface area contributed by atoms with Crippen molar-refractivity contribution in [3.05, 3.63) is 65.5 Å². The summed E-state index contributed by atoms with van der Waals surface area (Å²) in [5.74, 6) is -0.616. The molecular weight excluding hydrogens is 307 g/mol. The van der Waals surface area contributed by atoms with Gasteiger partial charge in [0.2, 0.25) is 5.91 Å². The van der Waals surface area contributed by atoms with E-state index in [0.29, 0.717) is 30.7 Å². The molecule has 0 aromatic heterocycles. The van der Waals surface area contributed by atoms with Crippen LogP contribution in [0.2, 0.25) is 0 Å². The Balaban J connectivity index is 1.82. The van der Waals surface area contributed by atoms with Crippen LogP contribution in [0, 0.1) is 5.82 Å². The van der Waals surface area contributed by atoms with Crippen LogP contribution in [0.15, 0.2) is 48.5 Å². The van der Waals surface area contributed by atoms with Gasteiger partial charge in [-0.25, -0.2) is 4.39 Å². The zero-order valence-corrected chi connectivity index (χ0v) is 13.6. The van der Waals surface area contributed by atoms with Gasteiger partial charge in [0.25, 0.3) is 0 Å². The van der Waals surface area contributed by atoms with Crippen LogP contribution in [-0.2, 0) is 21.5 Å². The number of hydrogen-bond acceptors (Lipinski definition) is 3. The molecule has 2 aromatic carbocycles. The first-order valence-corrected chi connectivity index (χ1v) is 8.01. The molecular formula is C19H21FN2O2. The Bertz CT molecular complexity index is 735. The smallest absolute Gasteiger partial charge is 0.250 e. The van der Waals surface area contributed by atoms with Crippen LogP contribution in [0.1, 0.15) is 24.5 Å². The van der Waals surface area contributed by atoms with E-state index in [9.17, 15) is 9.18 Å². The van der Waals surface area contributed by atoms with Gasteiger partial charge in [-0.2, -0.15) is 0 Å². The number of rotatable bonds is 3. The number of carbonyl (C=O) groups excluding carboxylic acids is 1. The Labute approximate surface area is 140 Å². The maximum absolute atomic E-state index is 14.3. The monoisotopic (exact) mass is 328 g/mol. The molecule has 24 heavy (non-hydrogen) atoms. The lowest BCUT2D eigenvalue weighted by Crippen LogP contribution is -2.46. The summed E-state index contributed by atoms with van der Waals surface area (Å²) >= 11 is 0. The molecule has 2 unspecified atom stereocenters. The SMILES string of the molecule is CC1(c2cc(N)ccc2F)CCOC(Cc2ccccc2)C(=O)N1. The number of ether oxygens (including phenoxy) is 1. The van der Waals surface area contributed by atoms with E-state index in [2.05, 4.69) is 5.32 Å². The third-order valence-corrected chi connectivity index (χ3v) is 4.46. The average molecular weight is 328 g/mol. The van der Waals surface area contributed by atoms with Gasteiger partial charge in [-0.05, 0) is 37.1 Å². The van der Waals surface area contributed by atoms with Crippen molar-refractivity contribution in [2.45, 2.75) is 31.4 Å². The molecule has 4 nitrogen and oxygen atoms in total. The first-order chi connectivity index (χ1) is 11.5.